The van der Waals surface area contributed by atoms with Crippen LogP contribution in [-0.2, 0) is 20.7 Å². The Bertz CT molecular complexity index is 374. The van der Waals surface area contributed by atoms with Crippen molar-refractivity contribution in [3.63, 3.8) is 0 Å². The number of hydrogen-bond acceptors (Lipinski definition) is 4. The van der Waals surface area contributed by atoms with E-state index in [9.17, 15) is 4.79 Å². The minimum atomic E-state index is -0.184. The third kappa shape index (κ3) is 2.73. The van der Waals surface area contributed by atoms with Crippen LogP contribution >= 0.6 is 0 Å². The van der Waals surface area contributed by atoms with Crippen LogP contribution < -0.4 is 5.73 Å². The molecule has 0 atom stereocenters. The molecule has 1 aromatic carbocycles. The van der Waals surface area contributed by atoms with Gasteiger partial charge in [-0.15, -0.1) is 0 Å². The second-order valence-electron chi connectivity index (χ2n) is 3.85. The molecular formula is C12H15NO3. The van der Waals surface area contributed by atoms with Crippen LogP contribution in [0.5, 0.6) is 0 Å². The van der Waals surface area contributed by atoms with Crippen molar-refractivity contribution < 1.29 is 14.3 Å². The highest BCUT2D eigenvalue weighted by Crippen LogP contribution is 2.14. The molecule has 0 spiro atoms. The van der Waals surface area contributed by atoms with Crippen molar-refractivity contribution in [2.45, 2.75) is 18.9 Å². The Morgan fingerprint density at radius 2 is 2.19 bits per heavy atom. The van der Waals surface area contributed by atoms with Crippen molar-refractivity contribution in [3.8, 4) is 0 Å². The number of carbonyl (C=O) groups excluding carboxylic acids is 1. The highest BCUT2D eigenvalue weighted by Gasteiger charge is 2.22. The topological polar surface area (TPSA) is 61.6 Å². The van der Waals surface area contributed by atoms with Crippen molar-refractivity contribution in [1.82, 2.24) is 0 Å². The molecule has 1 aliphatic rings. The number of nitrogen functional groups attached to an aromatic ring is 1. The van der Waals surface area contributed by atoms with E-state index in [1.165, 1.54) is 0 Å². The number of rotatable bonds is 4. The summed E-state index contributed by atoms with van der Waals surface area (Å²) in [5.41, 5.74) is 7.49. The first-order valence-electron chi connectivity index (χ1n) is 5.36. The molecule has 1 saturated heterocycles. The molecule has 1 aliphatic heterocycles. The first-order chi connectivity index (χ1) is 7.75. The zero-order valence-corrected chi connectivity index (χ0v) is 9.02. The Kier molecular flexibility index (Phi) is 3.41. The van der Waals surface area contributed by atoms with Gasteiger partial charge in [0.25, 0.3) is 0 Å². The number of benzene rings is 1. The normalized spacial score (nSPS) is 15.5. The predicted molar refractivity (Wildman–Crippen MR) is 59.9 cm³/mol. The summed E-state index contributed by atoms with van der Waals surface area (Å²) in [5.74, 6) is -0.184. The first kappa shape index (κ1) is 11.0. The molecular weight excluding hydrogens is 206 g/mol. The van der Waals surface area contributed by atoms with Gasteiger partial charge in [0.2, 0.25) is 0 Å². The third-order valence-corrected chi connectivity index (χ3v) is 2.56. The molecule has 86 valence electrons. The molecule has 1 aromatic rings. The lowest BCUT2D eigenvalue weighted by molar-refractivity contribution is -0.172. The molecule has 1 heterocycles. The summed E-state index contributed by atoms with van der Waals surface area (Å²) < 4.78 is 10.1. The smallest absolute Gasteiger partial charge is 0.306 e. The zero-order valence-electron chi connectivity index (χ0n) is 9.02. The highest BCUT2D eigenvalue weighted by molar-refractivity contribution is 5.70. The van der Waals surface area contributed by atoms with Crippen molar-refractivity contribution in [2.24, 2.45) is 0 Å². The summed E-state index contributed by atoms with van der Waals surface area (Å²) in [6, 6.07) is 7.55. The third-order valence-electron chi connectivity index (χ3n) is 2.56. The van der Waals surface area contributed by atoms with Crippen LogP contribution in [-0.4, -0.2) is 25.3 Å². The molecule has 2 rings (SSSR count). The predicted octanol–water partition coefficient (Wildman–Crippen LogP) is 1.14. The average molecular weight is 221 g/mol. The highest BCUT2D eigenvalue weighted by atomic mass is 16.6. The summed E-state index contributed by atoms with van der Waals surface area (Å²) >= 11 is 0. The fourth-order valence-electron chi connectivity index (χ4n) is 1.53. The second kappa shape index (κ2) is 4.99. The van der Waals surface area contributed by atoms with Gasteiger partial charge in [-0.25, -0.2) is 0 Å². The zero-order chi connectivity index (χ0) is 11.4. The van der Waals surface area contributed by atoms with E-state index in [0.29, 0.717) is 26.1 Å². The van der Waals surface area contributed by atoms with Crippen LogP contribution in [0.2, 0.25) is 0 Å². The van der Waals surface area contributed by atoms with Gasteiger partial charge in [-0.2, -0.15) is 0 Å². The number of esters is 1. The maximum atomic E-state index is 11.4. The van der Waals surface area contributed by atoms with Crippen molar-refractivity contribution in [3.05, 3.63) is 29.8 Å². The first-order valence-corrected chi connectivity index (χ1v) is 5.36. The van der Waals surface area contributed by atoms with Crippen LogP contribution in [0, 0.1) is 0 Å². The monoisotopic (exact) mass is 221 g/mol. The van der Waals surface area contributed by atoms with E-state index >= 15 is 0 Å². The molecule has 0 radical (unpaired) electrons. The van der Waals surface area contributed by atoms with Crippen molar-refractivity contribution in [1.29, 1.82) is 0 Å². The van der Waals surface area contributed by atoms with Gasteiger partial charge in [-0.1, -0.05) is 18.2 Å². The quantitative estimate of drug-likeness (QED) is 0.612. The number of nitrogens with two attached hydrogens (primary N) is 1. The molecule has 2 N–H and O–H groups in total. The van der Waals surface area contributed by atoms with E-state index in [2.05, 4.69) is 0 Å². The van der Waals surface area contributed by atoms with Gasteiger partial charge in [-0.05, 0) is 18.1 Å². The maximum Gasteiger partial charge on any atom is 0.306 e. The van der Waals surface area contributed by atoms with E-state index in [0.717, 1.165) is 11.3 Å². The van der Waals surface area contributed by atoms with Gasteiger partial charge >= 0.3 is 5.97 Å². The lowest BCUT2D eigenvalue weighted by Crippen LogP contribution is -2.37. The molecule has 16 heavy (non-hydrogen) atoms. The summed E-state index contributed by atoms with van der Waals surface area (Å²) in [6.45, 7) is 1.05. The van der Waals surface area contributed by atoms with Gasteiger partial charge < -0.3 is 15.2 Å². The van der Waals surface area contributed by atoms with Gasteiger partial charge in [0.1, 0.15) is 6.10 Å². The molecule has 1 fully saturated rings. The van der Waals surface area contributed by atoms with E-state index in [-0.39, 0.29) is 12.1 Å². The average Bonchev–Trinajstić information content (AvgIpc) is 2.22. The molecule has 4 nitrogen and oxygen atoms in total. The lowest BCUT2D eigenvalue weighted by Gasteiger charge is -2.25. The summed E-state index contributed by atoms with van der Waals surface area (Å²) in [6.07, 6.45) is 0.949. The van der Waals surface area contributed by atoms with Gasteiger partial charge in [0, 0.05) is 12.1 Å². The lowest BCUT2D eigenvalue weighted by atomic mass is 10.1. The van der Waals surface area contributed by atoms with E-state index in [1.807, 2.05) is 24.3 Å². The SMILES string of the molecule is Nc1ccccc1CCC(=O)OC1COC1. The molecule has 0 amide bonds. The standard InChI is InChI=1S/C12H15NO3/c13-11-4-2-1-3-9(11)5-6-12(14)16-10-7-15-8-10/h1-4,10H,5-8,13H2. The van der Waals surface area contributed by atoms with Gasteiger partial charge in [0.15, 0.2) is 0 Å². The molecule has 0 saturated carbocycles. The maximum absolute atomic E-state index is 11.4. The van der Waals surface area contributed by atoms with E-state index < -0.39 is 0 Å². The largest absolute Gasteiger partial charge is 0.457 e. The Morgan fingerprint density at radius 3 is 2.81 bits per heavy atom. The second-order valence-corrected chi connectivity index (χ2v) is 3.85. The molecule has 0 aromatic heterocycles. The van der Waals surface area contributed by atoms with Gasteiger partial charge in [0.05, 0.1) is 13.2 Å². The minimum Gasteiger partial charge on any atom is -0.457 e. The molecule has 4 heteroatoms. The van der Waals surface area contributed by atoms with Crippen LogP contribution in [0.4, 0.5) is 5.69 Å². The number of aryl methyl sites for hydroxylation is 1. The summed E-state index contributed by atoms with van der Waals surface area (Å²) in [4.78, 5) is 11.4. The van der Waals surface area contributed by atoms with Crippen LogP contribution in [0.1, 0.15) is 12.0 Å². The van der Waals surface area contributed by atoms with Crippen LogP contribution in [0.15, 0.2) is 24.3 Å². The van der Waals surface area contributed by atoms with E-state index in [4.69, 9.17) is 15.2 Å². The summed E-state index contributed by atoms with van der Waals surface area (Å²) in [7, 11) is 0. The van der Waals surface area contributed by atoms with E-state index in [1.54, 1.807) is 0 Å². The van der Waals surface area contributed by atoms with Crippen molar-refractivity contribution in [2.75, 3.05) is 18.9 Å². The van der Waals surface area contributed by atoms with Crippen LogP contribution in [0.3, 0.4) is 0 Å². The summed E-state index contributed by atoms with van der Waals surface area (Å²) in [5, 5.41) is 0. The number of hydrogen-bond donors (Lipinski definition) is 1. The molecule has 0 bridgehead atoms. The Hall–Kier alpha value is -1.55. The number of para-hydroxylation sites is 1. The number of anilines is 1. The Balaban J connectivity index is 1.78. The molecule has 0 aliphatic carbocycles. The number of carbonyl (C=O) groups is 1. The Labute approximate surface area is 94.3 Å². The minimum absolute atomic E-state index is 0.0411. The van der Waals surface area contributed by atoms with Gasteiger partial charge in [-0.3, -0.25) is 4.79 Å². The Morgan fingerprint density at radius 1 is 1.44 bits per heavy atom. The van der Waals surface area contributed by atoms with Crippen LogP contribution in [0.25, 0.3) is 0 Å². The fraction of sp³-hybridized carbons (Fsp3) is 0.417. The fourth-order valence-corrected chi connectivity index (χ4v) is 1.53. The number of ether oxygens (including phenoxy) is 2. The van der Waals surface area contributed by atoms with Crippen molar-refractivity contribution >= 4 is 11.7 Å². The molecule has 0 unspecified atom stereocenters.